The van der Waals surface area contributed by atoms with Crippen molar-refractivity contribution in [3.63, 3.8) is 0 Å². The molecular weight excluding hydrogens is 270 g/mol. The number of hydrogen-bond donors (Lipinski definition) is 3. The standard InChI is InChI=1S/C14H27N5O2/c1-5-9-15-11-16-12(18-13(17-11)21-7-3)19-14(4,6-2)8-10-20/h20H,5-10H2,1-4H3,(H2,15,16,17,18,19). The Kier molecular flexibility index (Phi) is 7.14. The first-order valence-electron chi connectivity index (χ1n) is 7.58. The summed E-state index contributed by atoms with van der Waals surface area (Å²) in [5.74, 6) is 0.963. The van der Waals surface area contributed by atoms with Crippen LogP contribution in [-0.4, -0.2) is 45.4 Å². The van der Waals surface area contributed by atoms with Crippen LogP contribution >= 0.6 is 0 Å². The van der Waals surface area contributed by atoms with E-state index in [9.17, 15) is 5.11 Å². The maximum absolute atomic E-state index is 9.19. The highest BCUT2D eigenvalue weighted by molar-refractivity contribution is 5.37. The first-order valence-corrected chi connectivity index (χ1v) is 7.58. The highest BCUT2D eigenvalue weighted by Crippen LogP contribution is 2.21. The fraction of sp³-hybridized carbons (Fsp3) is 0.786. The molecule has 1 aromatic rings. The smallest absolute Gasteiger partial charge is 0.323 e. The summed E-state index contributed by atoms with van der Waals surface area (Å²) in [6.07, 6.45) is 2.45. The molecule has 0 amide bonds. The van der Waals surface area contributed by atoms with Gasteiger partial charge in [-0.1, -0.05) is 13.8 Å². The van der Waals surface area contributed by atoms with Gasteiger partial charge in [-0.25, -0.2) is 0 Å². The Hall–Kier alpha value is -1.63. The molecule has 0 aliphatic carbocycles. The number of ether oxygens (including phenoxy) is 1. The second-order valence-corrected chi connectivity index (χ2v) is 5.14. The minimum absolute atomic E-state index is 0.113. The van der Waals surface area contributed by atoms with Crippen molar-refractivity contribution in [2.24, 2.45) is 0 Å². The predicted octanol–water partition coefficient (Wildman–Crippen LogP) is 2.06. The van der Waals surface area contributed by atoms with Crippen molar-refractivity contribution in [2.45, 2.75) is 52.5 Å². The van der Waals surface area contributed by atoms with E-state index >= 15 is 0 Å². The molecular formula is C14H27N5O2. The Balaban J connectivity index is 2.95. The van der Waals surface area contributed by atoms with Crippen LogP contribution in [0.4, 0.5) is 11.9 Å². The molecule has 0 saturated heterocycles. The van der Waals surface area contributed by atoms with Gasteiger partial charge in [0.05, 0.1) is 6.61 Å². The number of rotatable bonds is 10. The Labute approximate surface area is 126 Å². The number of aromatic nitrogens is 3. The fourth-order valence-corrected chi connectivity index (χ4v) is 1.77. The molecule has 7 heteroatoms. The molecule has 7 nitrogen and oxygen atoms in total. The van der Waals surface area contributed by atoms with Crippen LogP contribution in [-0.2, 0) is 0 Å². The molecule has 0 fully saturated rings. The maximum Gasteiger partial charge on any atom is 0.323 e. The summed E-state index contributed by atoms with van der Waals surface area (Å²) in [7, 11) is 0. The molecule has 0 aromatic carbocycles. The second kappa shape index (κ2) is 8.61. The summed E-state index contributed by atoms with van der Waals surface area (Å²) < 4.78 is 5.38. The zero-order chi connectivity index (χ0) is 15.7. The molecule has 21 heavy (non-hydrogen) atoms. The molecule has 0 saturated carbocycles. The van der Waals surface area contributed by atoms with Crippen LogP contribution in [0.2, 0.25) is 0 Å². The van der Waals surface area contributed by atoms with Crippen LogP contribution in [0.1, 0.15) is 47.0 Å². The Morgan fingerprint density at radius 2 is 1.86 bits per heavy atom. The molecule has 0 aliphatic heterocycles. The molecule has 0 aliphatic rings. The molecule has 0 spiro atoms. The van der Waals surface area contributed by atoms with E-state index in [0.717, 1.165) is 19.4 Å². The molecule has 0 radical (unpaired) electrons. The van der Waals surface area contributed by atoms with Gasteiger partial charge < -0.3 is 20.5 Å². The number of hydrogen-bond acceptors (Lipinski definition) is 7. The van der Waals surface area contributed by atoms with Crippen molar-refractivity contribution in [1.29, 1.82) is 0 Å². The average molecular weight is 297 g/mol. The van der Waals surface area contributed by atoms with E-state index in [4.69, 9.17) is 4.74 Å². The summed E-state index contributed by atoms with van der Waals surface area (Å²) in [6.45, 7) is 9.46. The van der Waals surface area contributed by atoms with Crippen LogP contribution in [0.15, 0.2) is 0 Å². The maximum atomic E-state index is 9.19. The molecule has 1 rings (SSSR count). The molecule has 1 heterocycles. The quantitative estimate of drug-likeness (QED) is 0.608. The summed E-state index contributed by atoms with van der Waals surface area (Å²) >= 11 is 0. The number of nitrogens with zero attached hydrogens (tertiary/aromatic N) is 3. The number of anilines is 2. The van der Waals surface area contributed by atoms with Gasteiger partial charge in [0.2, 0.25) is 11.9 Å². The van der Waals surface area contributed by atoms with Crippen molar-refractivity contribution >= 4 is 11.9 Å². The first-order chi connectivity index (χ1) is 10.1. The van der Waals surface area contributed by atoms with E-state index in [1.807, 2.05) is 13.8 Å². The minimum Gasteiger partial charge on any atom is -0.464 e. The lowest BCUT2D eigenvalue weighted by molar-refractivity contribution is 0.251. The predicted molar refractivity (Wildman–Crippen MR) is 83.8 cm³/mol. The Morgan fingerprint density at radius 1 is 1.14 bits per heavy atom. The first kappa shape index (κ1) is 17.4. The van der Waals surface area contributed by atoms with E-state index in [1.54, 1.807) is 0 Å². The van der Waals surface area contributed by atoms with Gasteiger partial charge >= 0.3 is 6.01 Å². The Morgan fingerprint density at radius 3 is 2.43 bits per heavy atom. The summed E-state index contributed by atoms with van der Waals surface area (Å²) in [5.41, 5.74) is -0.262. The lowest BCUT2D eigenvalue weighted by Gasteiger charge is -2.29. The van der Waals surface area contributed by atoms with Crippen LogP contribution < -0.4 is 15.4 Å². The lowest BCUT2D eigenvalue weighted by atomic mass is 9.95. The molecule has 0 bridgehead atoms. The lowest BCUT2D eigenvalue weighted by Crippen LogP contribution is -2.36. The highest BCUT2D eigenvalue weighted by atomic mass is 16.5. The van der Waals surface area contributed by atoms with Crippen molar-refractivity contribution in [2.75, 3.05) is 30.4 Å². The van der Waals surface area contributed by atoms with Crippen molar-refractivity contribution in [3.05, 3.63) is 0 Å². The van der Waals surface area contributed by atoms with Crippen LogP contribution in [0, 0.1) is 0 Å². The largest absolute Gasteiger partial charge is 0.464 e. The zero-order valence-corrected chi connectivity index (χ0v) is 13.4. The van der Waals surface area contributed by atoms with Crippen molar-refractivity contribution in [3.8, 4) is 6.01 Å². The van der Waals surface area contributed by atoms with E-state index in [2.05, 4.69) is 39.4 Å². The zero-order valence-electron chi connectivity index (χ0n) is 13.4. The fourth-order valence-electron chi connectivity index (χ4n) is 1.77. The Bertz CT molecular complexity index is 430. The van der Waals surface area contributed by atoms with Crippen molar-refractivity contribution in [1.82, 2.24) is 15.0 Å². The van der Waals surface area contributed by atoms with E-state index in [-0.39, 0.29) is 12.1 Å². The third kappa shape index (κ3) is 5.71. The van der Waals surface area contributed by atoms with Gasteiger partial charge in [-0.15, -0.1) is 0 Å². The topological polar surface area (TPSA) is 92.2 Å². The highest BCUT2D eigenvalue weighted by Gasteiger charge is 2.23. The summed E-state index contributed by atoms with van der Waals surface area (Å²) in [4.78, 5) is 12.8. The minimum atomic E-state index is -0.262. The van der Waals surface area contributed by atoms with Gasteiger partial charge in [0, 0.05) is 18.7 Å². The number of nitrogens with one attached hydrogen (secondary N) is 2. The summed E-state index contributed by atoms with van der Waals surface area (Å²) in [6, 6.07) is 0.302. The number of aliphatic hydroxyl groups excluding tert-OH is 1. The van der Waals surface area contributed by atoms with E-state index in [0.29, 0.717) is 30.9 Å². The van der Waals surface area contributed by atoms with E-state index < -0.39 is 0 Å². The molecule has 1 atom stereocenters. The van der Waals surface area contributed by atoms with Gasteiger partial charge in [0.25, 0.3) is 0 Å². The molecule has 1 unspecified atom stereocenters. The van der Waals surface area contributed by atoms with Crippen molar-refractivity contribution < 1.29 is 9.84 Å². The summed E-state index contributed by atoms with van der Waals surface area (Å²) in [5, 5.41) is 15.6. The second-order valence-electron chi connectivity index (χ2n) is 5.14. The monoisotopic (exact) mass is 297 g/mol. The van der Waals surface area contributed by atoms with Crippen LogP contribution in [0.5, 0.6) is 6.01 Å². The van der Waals surface area contributed by atoms with E-state index in [1.165, 1.54) is 0 Å². The number of aliphatic hydroxyl groups is 1. The van der Waals surface area contributed by atoms with Gasteiger partial charge in [-0.3, -0.25) is 0 Å². The van der Waals surface area contributed by atoms with Crippen LogP contribution in [0.25, 0.3) is 0 Å². The SMILES string of the molecule is CCCNc1nc(NC(C)(CC)CCO)nc(OCC)n1. The normalized spacial score (nSPS) is 13.6. The van der Waals surface area contributed by atoms with Gasteiger partial charge in [0.15, 0.2) is 0 Å². The van der Waals surface area contributed by atoms with Gasteiger partial charge in [-0.05, 0) is 33.1 Å². The molecule has 120 valence electrons. The van der Waals surface area contributed by atoms with Gasteiger partial charge in [-0.2, -0.15) is 15.0 Å². The average Bonchev–Trinajstić information content (AvgIpc) is 2.45. The third-order valence-corrected chi connectivity index (χ3v) is 3.28. The molecule has 3 N–H and O–H groups in total. The molecule has 1 aromatic heterocycles. The van der Waals surface area contributed by atoms with Crippen LogP contribution in [0.3, 0.4) is 0 Å². The third-order valence-electron chi connectivity index (χ3n) is 3.28. The van der Waals surface area contributed by atoms with Gasteiger partial charge in [0.1, 0.15) is 0 Å².